The SMILES string of the molecule is C=C(C=O)/C=N\C(=C)N. The lowest BCUT2D eigenvalue weighted by molar-refractivity contribution is -0.104. The van der Waals surface area contributed by atoms with Gasteiger partial charge in [-0.2, -0.15) is 0 Å². The third kappa shape index (κ3) is 4.47. The zero-order valence-corrected chi connectivity index (χ0v) is 5.00. The first-order valence-corrected chi connectivity index (χ1v) is 2.29. The van der Waals surface area contributed by atoms with Gasteiger partial charge < -0.3 is 5.73 Å². The summed E-state index contributed by atoms with van der Waals surface area (Å²) in [5.74, 6) is 0.165. The quantitative estimate of drug-likeness (QED) is 0.333. The molecule has 48 valence electrons. The summed E-state index contributed by atoms with van der Waals surface area (Å²) >= 11 is 0. The van der Waals surface area contributed by atoms with Gasteiger partial charge in [-0.1, -0.05) is 13.2 Å². The first-order valence-electron chi connectivity index (χ1n) is 2.29. The zero-order chi connectivity index (χ0) is 7.28. The molecule has 0 saturated heterocycles. The maximum atomic E-state index is 9.86. The predicted octanol–water partition coefficient (Wildman–Crippen LogP) is 0.242. The molecule has 0 bridgehead atoms. The first-order chi connectivity index (χ1) is 4.16. The molecule has 0 aliphatic carbocycles. The van der Waals surface area contributed by atoms with Crippen LogP contribution in [0.25, 0.3) is 0 Å². The molecule has 2 N–H and O–H groups in total. The summed E-state index contributed by atoms with van der Waals surface area (Å²) in [6.45, 7) is 6.62. The van der Waals surface area contributed by atoms with Crippen molar-refractivity contribution in [2.75, 3.05) is 0 Å². The maximum Gasteiger partial charge on any atom is 0.151 e. The van der Waals surface area contributed by atoms with E-state index in [4.69, 9.17) is 5.73 Å². The number of allylic oxidation sites excluding steroid dienone is 1. The van der Waals surface area contributed by atoms with Crippen molar-refractivity contribution in [2.24, 2.45) is 10.7 Å². The molecule has 9 heavy (non-hydrogen) atoms. The van der Waals surface area contributed by atoms with Gasteiger partial charge in [-0.15, -0.1) is 0 Å². The Morgan fingerprint density at radius 1 is 1.56 bits per heavy atom. The molecule has 0 saturated carbocycles. The molecular formula is C6H8N2O. The Bertz CT molecular complexity index is 170. The van der Waals surface area contributed by atoms with E-state index in [9.17, 15) is 4.79 Å². The van der Waals surface area contributed by atoms with Crippen molar-refractivity contribution in [1.82, 2.24) is 0 Å². The Morgan fingerprint density at radius 2 is 2.11 bits per heavy atom. The lowest BCUT2D eigenvalue weighted by Crippen LogP contribution is -1.91. The highest BCUT2D eigenvalue weighted by Gasteiger charge is 1.80. The predicted molar refractivity (Wildman–Crippen MR) is 37.0 cm³/mol. The standard InChI is InChI=1S/C6H8N2O/c1-5(4-9)3-8-6(2)7/h3-4H,1-2,7H2/b8-3-. The highest BCUT2D eigenvalue weighted by Crippen LogP contribution is 1.81. The van der Waals surface area contributed by atoms with Crippen LogP contribution in [-0.2, 0) is 4.79 Å². The van der Waals surface area contributed by atoms with Crippen molar-refractivity contribution in [1.29, 1.82) is 0 Å². The van der Waals surface area contributed by atoms with Gasteiger partial charge in [-0.3, -0.25) is 4.79 Å². The van der Waals surface area contributed by atoms with Crippen LogP contribution in [0, 0.1) is 0 Å². The molecule has 0 unspecified atom stereocenters. The lowest BCUT2D eigenvalue weighted by atomic mass is 10.4. The van der Waals surface area contributed by atoms with Gasteiger partial charge in [-0.25, -0.2) is 4.99 Å². The Balaban J connectivity index is 3.85. The van der Waals surface area contributed by atoms with E-state index in [1.807, 2.05) is 0 Å². The lowest BCUT2D eigenvalue weighted by Gasteiger charge is -1.84. The van der Waals surface area contributed by atoms with Crippen LogP contribution in [0.5, 0.6) is 0 Å². The summed E-state index contributed by atoms with van der Waals surface area (Å²) in [5.41, 5.74) is 5.33. The average Bonchev–Trinajstić information content (AvgIpc) is 1.83. The second-order valence-electron chi connectivity index (χ2n) is 1.44. The Hall–Kier alpha value is -1.38. The molecular weight excluding hydrogens is 116 g/mol. The average molecular weight is 124 g/mol. The fourth-order valence-electron chi connectivity index (χ4n) is 0.196. The minimum absolute atomic E-state index is 0.165. The van der Waals surface area contributed by atoms with Crippen LogP contribution in [0.3, 0.4) is 0 Å². The largest absolute Gasteiger partial charge is 0.384 e. The Morgan fingerprint density at radius 3 is 2.44 bits per heavy atom. The van der Waals surface area contributed by atoms with Crippen LogP contribution in [0.4, 0.5) is 0 Å². The van der Waals surface area contributed by atoms with E-state index in [-0.39, 0.29) is 11.4 Å². The third-order valence-corrected chi connectivity index (χ3v) is 0.548. The van der Waals surface area contributed by atoms with E-state index in [0.717, 1.165) is 0 Å². The molecule has 0 aromatic rings. The number of hydrogen-bond donors (Lipinski definition) is 1. The molecule has 3 heteroatoms. The second-order valence-corrected chi connectivity index (χ2v) is 1.44. The van der Waals surface area contributed by atoms with E-state index in [1.54, 1.807) is 0 Å². The highest BCUT2D eigenvalue weighted by molar-refractivity contribution is 6.01. The molecule has 0 aliphatic rings. The number of carbonyl (C=O) groups excluding carboxylic acids is 1. The molecule has 0 aromatic carbocycles. The molecule has 0 aromatic heterocycles. The minimum Gasteiger partial charge on any atom is -0.384 e. The van der Waals surface area contributed by atoms with Gasteiger partial charge in [0, 0.05) is 11.8 Å². The topological polar surface area (TPSA) is 55.5 Å². The molecule has 0 rings (SSSR count). The molecule has 0 amide bonds. The highest BCUT2D eigenvalue weighted by atomic mass is 16.1. The number of hydrogen-bond acceptors (Lipinski definition) is 3. The first kappa shape index (κ1) is 7.62. The normalized spacial score (nSPS) is 9.33. The van der Waals surface area contributed by atoms with Crippen LogP contribution in [0.2, 0.25) is 0 Å². The second kappa shape index (κ2) is 3.60. The number of rotatable bonds is 3. The van der Waals surface area contributed by atoms with Gasteiger partial charge in [0.05, 0.1) is 0 Å². The third-order valence-electron chi connectivity index (χ3n) is 0.548. The molecule has 0 aliphatic heterocycles. The van der Waals surface area contributed by atoms with Crippen LogP contribution >= 0.6 is 0 Å². The van der Waals surface area contributed by atoms with Crippen molar-refractivity contribution >= 4 is 12.5 Å². The van der Waals surface area contributed by atoms with Crippen molar-refractivity contribution < 1.29 is 4.79 Å². The van der Waals surface area contributed by atoms with Crippen LogP contribution in [0.15, 0.2) is 29.5 Å². The summed E-state index contributed by atoms with van der Waals surface area (Å²) in [4.78, 5) is 13.4. The molecule has 3 nitrogen and oxygen atoms in total. The maximum absolute atomic E-state index is 9.86. The molecule has 0 atom stereocenters. The van der Waals surface area contributed by atoms with Gasteiger partial charge in [0.15, 0.2) is 6.29 Å². The monoisotopic (exact) mass is 124 g/mol. The fourth-order valence-corrected chi connectivity index (χ4v) is 0.196. The molecule has 0 fully saturated rings. The zero-order valence-electron chi connectivity index (χ0n) is 5.00. The van der Waals surface area contributed by atoms with Crippen LogP contribution in [-0.4, -0.2) is 12.5 Å². The molecule has 0 spiro atoms. The smallest absolute Gasteiger partial charge is 0.151 e. The molecule has 0 radical (unpaired) electrons. The number of nitrogens with two attached hydrogens (primary N) is 1. The van der Waals surface area contributed by atoms with Crippen molar-refractivity contribution in [3.63, 3.8) is 0 Å². The summed E-state index contributed by atoms with van der Waals surface area (Å²) in [6, 6.07) is 0. The van der Waals surface area contributed by atoms with Crippen molar-refractivity contribution in [3.05, 3.63) is 24.6 Å². The Kier molecular flexibility index (Phi) is 3.05. The number of aldehydes is 1. The summed E-state index contributed by atoms with van der Waals surface area (Å²) in [6.07, 6.45) is 1.85. The summed E-state index contributed by atoms with van der Waals surface area (Å²) < 4.78 is 0. The van der Waals surface area contributed by atoms with Gasteiger partial charge in [-0.05, 0) is 0 Å². The van der Waals surface area contributed by atoms with Gasteiger partial charge >= 0.3 is 0 Å². The van der Waals surface area contributed by atoms with Crippen LogP contribution in [0.1, 0.15) is 0 Å². The van der Waals surface area contributed by atoms with Crippen molar-refractivity contribution in [3.8, 4) is 0 Å². The van der Waals surface area contributed by atoms with Crippen molar-refractivity contribution in [2.45, 2.75) is 0 Å². The van der Waals surface area contributed by atoms with E-state index in [1.165, 1.54) is 6.21 Å². The number of carbonyl (C=O) groups is 1. The van der Waals surface area contributed by atoms with Gasteiger partial charge in [0.2, 0.25) is 0 Å². The number of nitrogens with zero attached hydrogens (tertiary/aromatic N) is 1. The van der Waals surface area contributed by atoms with Gasteiger partial charge in [0.25, 0.3) is 0 Å². The van der Waals surface area contributed by atoms with E-state index < -0.39 is 0 Å². The van der Waals surface area contributed by atoms with Gasteiger partial charge in [0.1, 0.15) is 5.82 Å². The minimum atomic E-state index is 0.165. The van der Waals surface area contributed by atoms with E-state index >= 15 is 0 Å². The fraction of sp³-hybridized carbons (Fsp3) is 0. The summed E-state index contributed by atoms with van der Waals surface area (Å²) in [5, 5.41) is 0. The van der Waals surface area contributed by atoms with E-state index in [0.29, 0.717) is 6.29 Å². The molecule has 0 heterocycles. The van der Waals surface area contributed by atoms with Crippen LogP contribution < -0.4 is 5.73 Å². The number of aliphatic imine (C=N–C) groups is 1. The van der Waals surface area contributed by atoms with E-state index in [2.05, 4.69) is 18.2 Å². The summed E-state index contributed by atoms with van der Waals surface area (Å²) in [7, 11) is 0. The Labute approximate surface area is 53.6 Å².